The maximum Gasteiger partial charge on any atom is 0.307 e. The molecule has 0 unspecified atom stereocenters. The van der Waals surface area contributed by atoms with Crippen LogP contribution < -0.4 is 4.74 Å². The number of Topliss-reactive ketones (excluding diaryl/α,β-unsaturated/α-hetero) is 1. The maximum absolute atomic E-state index is 12.1. The number of carboxylic acid groups (broad SMARTS) is 1. The fraction of sp³-hybridized carbons (Fsp3) is 0.429. The van der Waals surface area contributed by atoms with Crippen molar-refractivity contribution in [1.82, 2.24) is 0 Å². The largest absolute Gasteiger partial charge is 0.484 e. The molecule has 2 aliphatic rings. The molecule has 0 amide bonds. The van der Waals surface area contributed by atoms with Gasteiger partial charge >= 0.3 is 5.97 Å². The smallest absolute Gasteiger partial charge is 0.307 e. The summed E-state index contributed by atoms with van der Waals surface area (Å²) in [6, 6.07) is 4.81. The molecular formula is C14H13ClO5. The van der Waals surface area contributed by atoms with E-state index < -0.39 is 17.8 Å². The van der Waals surface area contributed by atoms with Crippen LogP contribution in [-0.2, 0) is 9.53 Å². The summed E-state index contributed by atoms with van der Waals surface area (Å²) in [6.07, 6.45) is 0.414. The number of ketones is 1. The van der Waals surface area contributed by atoms with E-state index in [1.807, 2.05) is 0 Å². The van der Waals surface area contributed by atoms with E-state index in [0.717, 1.165) is 0 Å². The van der Waals surface area contributed by atoms with E-state index in [0.29, 0.717) is 36.0 Å². The molecule has 6 heteroatoms. The van der Waals surface area contributed by atoms with Gasteiger partial charge in [-0.15, -0.1) is 0 Å². The van der Waals surface area contributed by atoms with Gasteiger partial charge in [-0.1, -0.05) is 11.6 Å². The zero-order chi connectivity index (χ0) is 14.3. The lowest BCUT2D eigenvalue weighted by Gasteiger charge is -2.27. The van der Waals surface area contributed by atoms with Crippen LogP contribution in [0.15, 0.2) is 18.2 Å². The van der Waals surface area contributed by atoms with Crippen LogP contribution in [0.1, 0.15) is 16.8 Å². The number of hydrogen-bond acceptors (Lipinski definition) is 4. The summed E-state index contributed by atoms with van der Waals surface area (Å²) in [7, 11) is 0. The Balaban J connectivity index is 1.70. The van der Waals surface area contributed by atoms with Gasteiger partial charge in [-0.05, 0) is 24.6 Å². The Morgan fingerprint density at radius 1 is 1.30 bits per heavy atom. The molecule has 1 aromatic carbocycles. The van der Waals surface area contributed by atoms with Crippen molar-refractivity contribution in [3.05, 3.63) is 28.8 Å². The van der Waals surface area contributed by atoms with E-state index in [-0.39, 0.29) is 11.9 Å². The van der Waals surface area contributed by atoms with Gasteiger partial charge in [0, 0.05) is 11.5 Å². The van der Waals surface area contributed by atoms with E-state index in [4.69, 9.17) is 26.2 Å². The highest BCUT2D eigenvalue weighted by atomic mass is 35.5. The summed E-state index contributed by atoms with van der Waals surface area (Å²) < 4.78 is 10.6. The summed E-state index contributed by atoms with van der Waals surface area (Å²) in [5.74, 6) is -1.54. The predicted octanol–water partition coefficient (Wildman–Crippen LogP) is 2.02. The Morgan fingerprint density at radius 2 is 2.05 bits per heavy atom. The second kappa shape index (κ2) is 5.07. The molecule has 1 saturated carbocycles. The monoisotopic (exact) mass is 296 g/mol. The van der Waals surface area contributed by atoms with Crippen LogP contribution in [0.4, 0.5) is 0 Å². The lowest BCUT2D eigenvalue weighted by molar-refractivity contribution is -0.138. The first-order valence-electron chi connectivity index (χ1n) is 6.37. The van der Waals surface area contributed by atoms with Crippen LogP contribution in [0, 0.1) is 11.8 Å². The molecule has 2 fully saturated rings. The van der Waals surface area contributed by atoms with Crippen molar-refractivity contribution in [1.29, 1.82) is 0 Å². The zero-order valence-corrected chi connectivity index (χ0v) is 11.3. The average molecular weight is 297 g/mol. The number of ether oxygens (including phenoxy) is 2. The van der Waals surface area contributed by atoms with E-state index in [9.17, 15) is 9.59 Å². The summed E-state index contributed by atoms with van der Waals surface area (Å²) in [5.41, 5.74) is 0.431. The number of carboxylic acids is 1. The minimum atomic E-state index is -0.917. The van der Waals surface area contributed by atoms with Crippen LogP contribution in [0.3, 0.4) is 0 Å². The van der Waals surface area contributed by atoms with Gasteiger partial charge in [-0.25, -0.2) is 0 Å². The molecule has 1 aliphatic heterocycles. The van der Waals surface area contributed by atoms with Crippen LogP contribution in [0.25, 0.3) is 0 Å². The van der Waals surface area contributed by atoms with E-state index in [1.54, 1.807) is 12.1 Å². The molecule has 0 spiro atoms. The van der Waals surface area contributed by atoms with E-state index >= 15 is 0 Å². The normalized spacial score (nSPS) is 24.9. The van der Waals surface area contributed by atoms with Gasteiger partial charge in [0.1, 0.15) is 11.9 Å². The fourth-order valence-electron chi connectivity index (χ4n) is 2.18. The highest BCUT2D eigenvalue weighted by molar-refractivity contribution is 6.32. The van der Waals surface area contributed by atoms with Gasteiger partial charge in [0.25, 0.3) is 0 Å². The van der Waals surface area contributed by atoms with E-state index in [1.165, 1.54) is 6.07 Å². The van der Waals surface area contributed by atoms with Crippen molar-refractivity contribution in [2.45, 2.75) is 12.5 Å². The Kier molecular flexibility index (Phi) is 3.40. The quantitative estimate of drug-likeness (QED) is 0.842. The topological polar surface area (TPSA) is 72.8 Å². The van der Waals surface area contributed by atoms with Gasteiger partial charge in [0.05, 0.1) is 24.2 Å². The summed E-state index contributed by atoms with van der Waals surface area (Å²) in [4.78, 5) is 22.9. The standard InChI is InChI=1S/C14H13ClO5/c15-11-3-7(13(16)9-4-10(9)14(17)18)1-2-12(11)20-8-5-19-6-8/h1-3,8-10H,4-6H2,(H,17,18)/t9-,10-/m0/s1. The van der Waals surface area contributed by atoms with Crippen LogP contribution in [0.5, 0.6) is 5.75 Å². The lowest BCUT2D eigenvalue weighted by atomic mass is 10.1. The van der Waals surface area contributed by atoms with Crippen LogP contribution in [0.2, 0.25) is 5.02 Å². The first-order valence-corrected chi connectivity index (χ1v) is 6.75. The fourth-order valence-corrected chi connectivity index (χ4v) is 2.41. The molecule has 0 aromatic heterocycles. The van der Waals surface area contributed by atoms with Gasteiger partial charge in [0.2, 0.25) is 0 Å². The van der Waals surface area contributed by atoms with Crippen molar-refractivity contribution < 1.29 is 24.2 Å². The van der Waals surface area contributed by atoms with Crippen molar-refractivity contribution in [2.24, 2.45) is 11.8 Å². The molecule has 1 saturated heterocycles. The molecule has 1 N–H and O–H groups in total. The van der Waals surface area contributed by atoms with Gasteiger partial charge in [-0.2, -0.15) is 0 Å². The average Bonchev–Trinajstić information content (AvgIpc) is 3.14. The third kappa shape index (κ3) is 2.51. The summed E-state index contributed by atoms with van der Waals surface area (Å²) in [6.45, 7) is 1.08. The van der Waals surface area contributed by atoms with Crippen LogP contribution in [-0.4, -0.2) is 36.2 Å². The molecule has 1 aliphatic carbocycles. The molecule has 1 aromatic rings. The second-order valence-corrected chi connectivity index (χ2v) is 5.48. The Labute approximate surface area is 120 Å². The first-order chi connectivity index (χ1) is 9.56. The third-order valence-electron chi connectivity index (χ3n) is 3.56. The molecule has 106 valence electrons. The number of hydrogen-bond donors (Lipinski definition) is 1. The third-order valence-corrected chi connectivity index (χ3v) is 3.86. The van der Waals surface area contributed by atoms with Gasteiger partial charge in [-0.3, -0.25) is 9.59 Å². The Hall–Kier alpha value is -1.59. The Bertz CT molecular complexity index is 567. The molecule has 0 bridgehead atoms. The minimum Gasteiger partial charge on any atom is -0.484 e. The molecule has 5 nitrogen and oxygen atoms in total. The molecule has 0 radical (unpaired) electrons. The number of halogens is 1. The summed E-state index contributed by atoms with van der Waals surface area (Å²) in [5, 5.41) is 9.20. The number of carbonyl (C=O) groups is 2. The number of benzene rings is 1. The number of carbonyl (C=O) groups excluding carboxylic acids is 1. The van der Waals surface area contributed by atoms with Gasteiger partial charge < -0.3 is 14.6 Å². The SMILES string of the molecule is O=C(O)[C@H]1C[C@@H]1C(=O)c1ccc(OC2COC2)c(Cl)c1. The zero-order valence-electron chi connectivity index (χ0n) is 10.5. The maximum atomic E-state index is 12.1. The predicted molar refractivity (Wildman–Crippen MR) is 70.3 cm³/mol. The van der Waals surface area contributed by atoms with Crippen LogP contribution >= 0.6 is 11.6 Å². The van der Waals surface area contributed by atoms with Crippen molar-refractivity contribution in [2.75, 3.05) is 13.2 Å². The van der Waals surface area contributed by atoms with E-state index in [2.05, 4.69) is 0 Å². The molecule has 3 rings (SSSR count). The number of aliphatic carboxylic acids is 1. The van der Waals surface area contributed by atoms with Crippen molar-refractivity contribution in [3.63, 3.8) is 0 Å². The Morgan fingerprint density at radius 3 is 2.55 bits per heavy atom. The second-order valence-electron chi connectivity index (χ2n) is 5.07. The molecule has 2 atom stereocenters. The number of rotatable bonds is 5. The minimum absolute atomic E-state index is 0.00822. The highest BCUT2D eigenvalue weighted by Gasteiger charge is 2.48. The summed E-state index contributed by atoms with van der Waals surface area (Å²) >= 11 is 6.09. The molecule has 20 heavy (non-hydrogen) atoms. The van der Waals surface area contributed by atoms with Crippen molar-refractivity contribution >= 4 is 23.4 Å². The van der Waals surface area contributed by atoms with Crippen molar-refractivity contribution in [3.8, 4) is 5.75 Å². The highest BCUT2D eigenvalue weighted by Crippen LogP contribution is 2.41. The molecular weight excluding hydrogens is 284 g/mol. The van der Waals surface area contributed by atoms with Gasteiger partial charge in [0.15, 0.2) is 5.78 Å². The lowest BCUT2D eigenvalue weighted by Crippen LogP contribution is -2.38. The molecule has 1 heterocycles. The first kappa shape index (κ1) is 13.4.